The molecule has 0 amide bonds. The number of halogens is 1. The second-order valence-electron chi connectivity index (χ2n) is 6.04. The summed E-state index contributed by atoms with van der Waals surface area (Å²) in [5.74, 6) is 0. The van der Waals surface area contributed by atoms with Gasteiger partial charge >= 0.3 is 0 Å². The van der Waals surface area contributed by atoms with E-state index in [0.717, 1.165) is 12.8 Å². The van der Waals surface area contributed by atoms with E-state index < -0.39 is 0 Å². The average Bonchev–Trinajstić information content (AvgIpc) is 2.46. The monoisotopic (exact) mass is 314 g/mol. The van der Waals surface area contributed by atoms with Gasteiger partial charge in [0.15, 0.2) is 0 Å². The van der Waals surface area contributed by atoms with E-state index in [1.54, 1.807) is 0 Å². The normalized spacial score (nSPS) is 11.3. The number of rotatable bonds is 16. The molecular weight excluding hydrogens is 280 g/mol. The molecule has 0 saturated carbocycles. The van der Waals surface area contributed by atoms with Gasteiger partial charge in [-0.1, -0.05) is 83.3 Å². The first kappa shape index (κ1) is 20.7. The molecule has 0 aliphatic heterocycles. The number of unbranched alkanes of at least 4 members (excludes halogenated alkanes) is 12. The molecule has 0 aromatic heterocycles. The van der Waals surface area contributed by atoms with Crippen LogP contribution in [-0.4, -0.2) is 5.24 Å². The molecule has 0 aliphatic carbocycles. The minimum atomic E-state index is -0.184. The molecule has 0 atom stereocenters. The average molecular weight is 315 g/mol. The lowest BCUT2D eigenvalue weighted by molar-refractivity contribution is -0.111. The molecular formula is C19H35ClO. The molecule has 0 aromatic rings. The van der Waals surface area contributed by atoms with E-state index in [1.165, 1.54) is 77.0 Å². The molecule has 0 radical (unpaired) electrons. The van der Waals surface area contributed by atoms with Crippen molar-refractivity contribution < 1.29 is 4.79 Å². The van der Waals surface area contributed by atoms with Gasteiger partial charge in [-0.25, -0.2) is 0 Å². The maximum Gasteiger partial charge on any atom is 0.221 e. The molecule has 2 heteroatoms. The first-order valence-electron chi connectivity index (χ1n) is 9.10. The third kappa shape index (κ3) is 19.7. The van der Waals surface area contributed by atoms with Crippen LogP contribution in [0.3, 0.4) is 0 Å². The highest BCUT2D eigenvalue weighted by molar-refractivity contribution is 6.63. The number of hydrogen-bond donors (Lipinski definition) is 0. The van der Waals surface area contributed by atoms with Crippen LogP contribution >= 0.6 is 11.6 Å². The third-order valence-electron chi connectivity index (χ3n) is 3.87. The van der Waals surface area contributed by atoms with Crippen LogP contribution in [0.5, 0.6) is 0 Å². The van der Waals surface area contributed by atoms with Crippen LogP contribution in [0.2, 0.25) is 0 Å². The zero-order valence-electron chi connectivity index (χ0n) is 14.0. The molecule has 0 fully saturated rings. The SMILES string of the molecule is CCC/C=C/CCCCCCCCCCCCCC(=O)Cl. The topological polar surface area (TPSA) is 17.1 Å². The van der Waals surface area contributed by atoms with Crippen molar-refractivity contribution in [1.82, 2.24) is 0 Å². The smallest absolute Gasteiger partial charge is 0.221 e. The van der Waals surface area contributed by atoms with E-state index in [9.17, 15) is 4.79 Å². The van der Waals surface area contributed by atoms with Crippen molar-refractivity contribution in [3.8, 4) is 0 Å². The van der Waals surface area contributed by atoms with Gasteiger partial charge in [-0.3, -0.25) is 4.79 Å². The number of carbonyl (C=O) groups is 1. The molecule has 0 saturated heterocycles. The Morgan fingerprint density at radius 2 is 1.14 bits per heavy atom. The molecule has 0 spiro atoms. The van der Waals surface area contributed by atoms with E-state index in [2.05, 4.69) is 19.1 Å². The second-order valence-corrected chi connectivity index (χ2v) is 6.46. The van der Waals surface area contributed by atoms with Crippen molar-refractivity contribution in [2.45, 2.75) is 103 Å². The molecule has 0 rings (SSSR count). The summed E-state index contributed by atoms with van der Waals surface area (Å²) in [6, 6.07) is 0. The summed E-state index contributed by atoms with van der Waals surface area (Å²) in [7, 11) is 0. The largest absolute Gasteiger partial charge is 0.281 e. The summed E-state index contributed by atoms with van der Waals surface area (Å²) in [6.07, 6.45) is 23.4. The summed E-state index contributed by atoms with van der Waals surface area (Å²) in [4.78, 5) is 10.6. The fourth-order valence-corrected chi connectivity index (χ4v) is 2.65. The standard InChI is InChI=1S/C19H35ClO/c1-2-3-4-5-6-7-8-9-10-11-12-13-14-15-16-17-18-19(20)21/h4-5H,2-3,6-18H2,1H3/b5-4+. The lowest BCUT2D eigenvalue weighted by atomic mass is 10.0. The van der Waals surface area contributed by atoms with Crippen LogP contribution < -0.4 is 0 Å². The predicted molar refractivity (Wildman–Crippen MR) is 94.9 cm³/mol. The zero-order chi connectivity index (χ0) is 15.6. The summed E-state index contributed by atoms with van der Waals surface area (Å²) in [5.41, 5.74) is 0. The van der Waals surface area contributed by atoms with Gasteiger partial charge in [0.2, 0.25) is 5.24 Å². The first-order chi connectivity index (χ1) is 10.3. The number of allylic oxidation sites excluding steroid dienone is 2. The van der Waals surface area contributed by atoms with Crippen molar-refractivity contribution in [2.75, 3.05) is 0 Å². The molecule has 0 N–H and O–H groups in total. The lowest BCUT2D eigenvalue weighted by Gasteiger charge is -2.02. The van der Waals surface area contributed by atoms with Crippen molar-refractivity contribution in [2.24, 2.45) is 0 Å². The van der Waals surface area contributed by atoms with Gasteiger partial charge in [0.05, 0.1) is 0 Å². The Hall–Kier alpha value is -0.300. The summed E-state index contributed by atoms with van der Waals surface area (Å²) in [5, 5.41) is -0.184. The minimum absolute atomic E-state index is 0.184. The summed E-state index contributed by atoms with van der Waals surface area (Å²) < 4.78 is 0. The molecule has 0 bridgehead atoms. The highest BCUT2D eigenvalue weighted by Crippen LogP contribution is 2.13. The van der Waals surface area contributed by atoms with Crippen molar-refractivity contribution in [1.29, 1.82) is 0 Å². The Labute approximate surface area is 137 Å². The highest BCUT2D eigenvalue weighted by Gasteiger charge is 1.96. The van der Waals surface area contributed by atoms with Crippen LogP contribution in [-0.2, 0) is 4.79 Å². The van der Waals surface area contributed by atoms with E-state index in [-0.39, 0.29) is 5.24 Å². The highest BCUT2D eigenvalue weighted by atomic mass is 35.5. The Balaban J connectivity index is 3.01. The Morgan fingerprint density at radius 1 is 0.714 bits per heavy atom. The summed E-state index contributed by atoms with van der Waals surface area (Å²) in [6.45, 7) is 2.23. The lowest BCUT2D eigenvalue weighted by Crippen LogP contribution is -1.86. The molecule has 0 heterocycles. The molecule has 21 heavy (non-hydrogen) atoms. The van der Waals surface area contributed by atoms with E-state index in [0.29, 0.717) is 6.42 Å². The fraction of sp³-hybridized carbons (Fsp3) is 0.842. The van der Waals surface area contributed by atoms with Gasteiger partial charge in [-0.15, -0.1) is 0 Å². The van der Waals surface area contributed by atoms with Gasteiger partial charge in [0.25, 0.3) is 0 Å². The van der Waals surface area contributed by atoms with E-state index >= 15 is 0 Å². The minimum Gasteiger partial charge on any atom is -0.281 e. The fourth-order valence-electron chi connectivity index (χ4n) is 2.52. The van der Waals surface area contributed by atoms with Gasteiger partial charge < -0.3 is 0 Å². The number of hydrogen-bond acceptors (Lipinski definition) is 1. The molecule has 124 valence electrons. The Kier molecular flexibility index (Phi) is 17.5. The van der Waals surface area contributed by atoms with Gasteiger partial charge in [0, 0.05) is 6.42 Å². The quantitative estimate of drug-likeness (QED) is 0.167. The van der Waals surface area contributed by atoms with Crippen LogP contribution in [0.15, 0.2) is 12.2 Å². The van der Waals surface area contributed by atoms with E-state index in [4.69, 9.17) is 11.6 Å². The van der Waals surface area contributed by atoms with Crippen LogP contribution in [0.1, 0.15) is 103 Å². The van der Waals surface area contributed by atoms with Crippen molar-refractivity contribution in [3.05, 3.63) is 12.2 Å². The van der Waals surface area contributed by atoms with Crippen LogP contribution in [0, 0.1) is 0 Å². The van der Waals surface area contributed by atoms with Crippen molar-refractivity contribution >= 4 is 16.8 Å². The predicted octanol–water partition coefficient (Wildman–Crippen LogP) is 7.18. The molecule has 0 aliphatic rings. The molecule has 1 nitrogen and oxygen atoms in total. The Morgan fingerprint density at radius 3 is 1.62 bits per heavy atom. The van der Waals surface area contributed by atoms with Crippen LogP contribution in [0.25, 0.3) is 0 Å². The zero-order valence-corrected chi connectivity index (χ0v) is 14.8. The molecule has 0 aromatic carbocycles. The second kappa shape index (κ2) is 17.8. The van der Waals surface area contributed by atoms with Gasteiger partial charge in [-0.2, -0.15) is 0 Å². The maximum atomic E-state index is 10.6. The third-order valence-corrected chi connectivity index (χ3v) is 4.06. The van der Waals surface area contributed by atoms with Gasteiger partial charge in [0.1, 0.15) is 0 Å². The number of carbonyl (C=O) groups excluding carboxylic acids is 1. The first-order valence-corrected chi connectivity index (χ1v) is 9.48. The Bertz CT molecular complexity index is 248. The van der Waals surface area contributed by atoms with Gasteiger partial charge in [-0.05, 0) is 37.3 Å². The maximum absolute atomic E-state index is 10.6. The van der Waals surface area contributed by atoms with E-state index in [1.807, 2.05) is 0 Å². The molecule has 0 unspecified atom stereocenters. The van der Waals surface area contributed by atoms with Crippen LogP contribution in [0.4, 0.5) is 0 Å². The van der Waals surface area contributed by atoms with Crippen molar-refractivity contribution in [3.63, 3.8) is 0 Å². The summed E-state index contributed by atoms with van der Waals surface area (Å²) >= 11 is 5.30.